The van der Waals surface area contributed by atoms with Crippen molar-refractivity contribution in [2.45, 2.75) is 13.5 Å². The van der Waals surface area contributed by atoms with E-state index in [1.54, 1.807) is 29.1 Å². The van der Waals surface area contributed by atoms with E-state index >= 15 is 0 Å². The number of hydrogen-bond donors (Lipinski definition) is 1. The summed E-state index contributed by atoms with van der Waals surface area (Å²) in [6.45, 7) is 1.73. The minimum atomic E-state index is -0.511. The van der Waals surface area contributed by atoms with E-state index in [-0.39, 0.29) is 22.1 Å². The maximum atomic E-state index is 13.7. The molecule has 0 atom stereocenters. The molecule has 0 bridgehead atoms. The number of halogens is 2. The summed E-state index contributed by atoms with van der Waals surface area (Å²) in [7, 11) is 0. The highest BCUT2D eigenvalue weighted by Gasteiger charge is 2.09. The van der Waals surface area contributed by atoms with E-state index in [9.17, 15) is 14.0 Å². The van der Waals surface area contributed by atoms with Crippen molar-refractivity contribution in [3.8, 4) is 0 Å². The summed E-state index contributed by atoms with van der Waals surface area (Å²) in [4.78, 5) is 23.2. The molecule has 0 saturated carbocycles. The number of rotatable bonds is 6. The molecular weight excluding hydrogens is 373 g/mol. The van der Waals surface area contributed by atoms with E-state index in [2.05, 4.69) is 10.4 Å². The zero-order valence-electron chi connectivity index (χ0n) is 14.3. The van der Waals surface area contributed by atoms with Gasteiger partial charge in [-0.3, -0.25) is 14.3 Å². The average molecular weight is 388 g/mol. The lowest BCUT2D eigenvalue weighted by Gasteiger charge is -2.00. The first-order chi connectivity index (χ1) is 12.9. The van der Waals surface area contributed by atoms with Gasteiger partial charge in [0.15, 0.2) is 11.5 Å². The summed E-state index contributed by atoms with van der Waals surface area (Å²) < 4.78 is 20.6. The Balaban J connectivity index is 1.62. The van der Waals surface area contributed by atoms with Crippen LogP contribution in [0.2, 0.25) is 5.02 Å². The minimum absolute atomic E-state index is 0.143. The molecule has 0 aliphatic rings. The van der Waals surface area contributed by atoms with Crippen LogP contribution in [0.3, 0.4) is 0 Å². The summed E-state index contributed by atoms with van der Waals surface area (Å²) in [5.74, 6) is -0.275. The van der Waals surface area contributed by atoms with Crippen molar-refractivity contribution in [3.63, 3.8) is 0 Å². The number of hydrogen-bond acceptors (Lipinski definition) is 4. The number of carbonyl (C=O) groups excluding carboxylic acids is 2. The molecule has 0 radical (unpaired) electrons. The third-order valence-electron chi connectivity index (χ3n) is 3.63. The Kier molecular flexibility index (Phi) is 5.52. The fourth-order valence-corrected chi connectivity index (χ4v) is 2.57. The van der Waals surface area contributed by atoms with Crippen molar-refractivity contribution in [1.82, 2.24) is 9.78 Å². The molecule has 1 amide bonds. The predicted molar refractivity (Wildman–Crippen MR) is 99.1 cm³/mol. The van der Waals surface area contributed by atoms with Gasteiger partial charge in [0.1, 0.15) is 11.6 Å². The molecule has 0 aliphatic heterocycles. The Morgan fingerprint density at radius 2 is 2.15 bits per heavy atom. The van der Waals surface area contributed by atoms with Gasteiger partial charge in [-0.05, 0) is 30.3 Å². The van der Waals surface area contributed by atoms with E-state index in [0.717, 1.165) is 0 Å². The second kappa shape index (κ2) is 8.01. The summed E-state index contributed by atoms with van der Waals surface area (Å²) in [5, 5.41) is 6.96. The first-order valence-electron chi connectivity index (χ1n) is 7.97. The Hall–Kier alpha value is -3.19. The molecule has 0 spiro atoms. The number of aromatic nitrogens is 2. The fourth-order valence-electron chi connectivity index (χ4n) is 2.34. The summed E-state index contributed by atoms with van der Waals surface area (Å²) >= 11 is 5.91. The van der Waals surface area contributed by atoms with Gasteiger partial charge in [-0.25, -0.2) is 4.39 Å². The van der Waals surface area contributed by atoms with Crippen LogP contribution in [0.1, 0.15) is 28.8 Å². The number of carbonyl (C=O) groups is 2. The van der Waals surface area contributed by atoms with Gasteiger partial charge in [0.25, 0.3) is 0 Å². The maximum Gasteiger partial charge on any atom is 0.248 e. The van der Waals surface area contributed by atoms with Gasteiger partial charge >= 0.3 is 0 Å². The van der Waals surface area contributed by atoms with Crippen molar-refractivity contribution >= 4 is 35.1 Å². The molecule has 0 saturated heterocycles. The number of ketones is 1. The van der Waals surface area contributed by atoms with Gasteiger partial charge in [-0.15, -0.1) is 0 Å². The van der Waals surface area contributed by atoms with E-state index in [1.165, 1.54) is 37.4 Å². The van der Waals surface area contributed by atoms with Crippen LogP contribution in [0.25, 0.3) is 6.08 Å². The van der Waals surface area contributed by atoms with Crippen LogP contribution in [0.5, 0.6) is 0 Å². The SMILES string of the molecule is CC(=O)c1ccc(Cn2cc(NC(=O)/C=C/c3c(F)cccc3Cl)cn2)o1. The van der Waals surface area contributed by atoms with Gasteiger partial charge in [0, 0.05) is 24.8 Å². The van der Waals surface area contributed by atoms with E-state index in [4.69, 9.17) is 16.0 Å². The van der Waals surface area contributed by atoms with E-state index in [0.29, 0.717) is 18.0 Å². The van der Waals surface area contributed by atoms with Crippen LogP contribution < -0.4 is 5.32 Å². The predicted octanol–water partition coefficient (Wildman–Crippen LogP) is 4.17. The molecule has 6 nitrogen and oxygen atoms in total. The van der Waals surface area contributed by atoms with Gasteiger partial charge in [0.05, 0.1) is 23.5 Å². The first kappa shape index (κ1) is 18.6. The lowest BCUT2D eigenvalue weighted by molar-refractivity contribution is -0.111. The molecule has 0 unspecified atom stereocenters. The van der Waals surface area contributed by atoms with Crippen LogP contribution in [0.15, 0.2) is 53.2 Å². The van der Waals surface area contributed by atoms with Crippen LogP contribution in [0, 0.1) is 5.82 Å². The normalized spacial score (nSPS) is 11.1. The number of nitrogens with zero attached hydrogens (tertiary/aromatic N) is 2. The van der Waals surface area contributed by atoms with E-state index < -0.39 is 11.7 Å². The fraction of sp³-hybridized carbons (Fsp3) is 0.105. The molecule has 2 aromatic heterocycles. The molecule has 1 aromatic carbocycles. The molecule has 138 valence electrons. The van der Waals surface area contributed by atoms with Crippen LogP contribution >= 0.6 is 11.6 Å². The topological polar surface area (TPSA) is 77.1 Å². The molecule has 27 heavy (non-hydrogen) atoms. The van der Waals surface area contributed by atoms with Crippen molar-refractivity contribution in [2.75, 3.05) is 5.32 Å². The number of furan rings is 1. The highest BCUT2D eigenvalue weighted by molar-refractivity contribution is 6.32. The third-order valence-corrected chi connectivity index (χ3v) is 3.96. The smallest absolute Gasteiger partial charge is 0.248 e. The molecule has 3 aromatic rings. The Labute approximate surface area is 159 Å². The second-order valence-electron chi connectivity index (χ2n) is 5.71. The van der Waals surface area contributed by atoms with Crippen molar-refractivity contribution in [2.24, 2.45) is 0 Å². The highest BCUT2D eigenvalue weighted by atomic mass is 35.5. The lowest BCUT2D eigenvalue weighted by Crippen LogP contribution is -2.07. The van der Waals surface area contributed by atoms with Gasteiger partial charge in [-0.1, -0.05) is 17.7 Å². The van der Waals surface area contributed by atoms with Crippen LogP contribution in [-0.2, 0) is 11.3 Å². The zero-order valence-corrected chi connectivity index (χ0v) is 15.0. The van der Waals surface area contributed by atoms with Crippen LogP contribution in [-0.4, -0.2) is 21.5 Å². The second-order valence-corrected chi connectivity index (χ2v) is 6.11. The first-order valence-corrected chi connectivity index (χ1v) is 8.35. The quantitative estimate of drug-likeness (QED) is 0.508. The molecular formula is C19H15ClFN3O3. The standard InChI is InChI=1S/C19H15ClFN3O3/c1-12(25)18-7-5-14(27-18)11-24-10-13(9-22-24)23-19(26)8-6-15-16(20)3-2-4-17(15)21/h2-10H,11H2,1H3,(H,23,26)/b8-6+. The number of Topliss-reactive ketones (excluding diaryl/α,β-unsaturated/α-hetero) is 1. The molecule has 3 rings (SSSR count). The van der Waals surface area contributed by atoms with Crippen molar-refractivity contribution in [1.29, 1.82) is 0 Å². The maximum absolute atomic E-state index is 13.7. The number of amides is 1. The number of benzene rings is 1. The molecule has 1 N–H and O–H groups in total. The Morgan fingerprint density at radius 1 is 1.33 bits per heavy atom. The van der Waals surface area contributed by atoms with Crippen molar-refractivity contribution < 1.29 is 18.4 Å². The third kappa shape index (κ3) is 4.71. The minimum Gasteiger partial charge on any atom is -0.456 e. The molecule has 0 aliphatic carbocycles. The largest absolute Gasteiger partial charge is 0.456 e. The monoisotopic (exact) mass is 387 g/mol. The summed E-state index contributed by atoms with van der Waals surface area (Å²) in [6, 6.07) is 7.58. The Morgan fingerprint density at radius 3 is 2.85 bits per heavy atom. The van der Waals surface area contributed by atoms with Gasteiger partial charge in [0.2, 0.25) is 5.91 Å². The zero-order chi connectivity index (χ0) is 19.4. The lowest BCUT2D eigenvalue weighted by atomic mass is 10.2. The average Bonchev–Trinajstić information content (AvgIpc) is 3.24. The van der Waals surface area contributed by atoms with Crippen LogP contribution in [0.4, 0.5) is 10.1 Å². The van der Waals surface area contributed by atoms with Gasteiger partial charge < -0.3 is 9.73 Å². The van der Waals surface area contributed by atoms with Crippen molar-refractivity contribution in [3.05, 3.63) is 76.7 Å². The molecule has 8 heteroatoms. The Bertz CT molecular complexity index is 1000. The highest BCUT2D eigenvalue weighted by Crippen LogP contribution is 2.20. The number of anilines is 1. The summed E-state index contributed by atoms with van der Waals surface area (Å²) in [5.41, 5.74) is 0.603. The molecule has 2 heterocycles. The summed E-state index contributed by atoms with van der Waals surface area (Å²) in [6.07, 6.45) is 5.57. The molecule has 0 fully saturated rings. The van der Waals surface area contributed by atoms with Gasteiger partial charge in [-0.2, -0.15) is 5.10 Å². The van der Waals surface area contributed by atoms with E-state index in [1.807, 2.05) is 0 Å². The number of nitrogens with one attached hydrogen (secondary N) is 1.